The standard InChI is InChI=1S/C13H14N4O/c1-9(2)11-6-12(16-8-15-11)17-13(18)10-4-3-5-14-7-10/h3-9H,1-2H3,(H,15,16,17,18). The summed E-state index contributed by atoms with van der Waals surface area (Å²) in [5.41, 5.74) is 1.40. The lowest BCUT2D eigenvalue weighted by molar-refractivity contribution is 0.102. The molecule has 0 bridgehead atoms. The van der Waals surface area contributed by atoms with Crippen molar-refractivity contribution in [1.29, 1.82) is 0 Å². The molecule has 5 nitrogen and oxygen atoms in total. The number of nitrogens with zero attached hydrogens (tertiary/aromatic N) is 3. The van der Waals surface area contributed by atoms with E-state index in [1.807, 2.05) is 13.8 Å². The van der Waals surface area contributed by atoms with E-state index in [1.54, 1.807) is 24.4 Å². The molecular weight excluding hydrogens is 228 g/mol. The Morgan fingerprint density at radius 2 is 2.17 bits per heavy atom. The van der Waals surface area contributed by atoms with E-state index in [4.69, 9.17) is 0 Å². The monoisotopic (exact) mass is 242 g/mol. The van der Waals surface area contributed by atoms with Gasteiger partial charge in [-0.25, -0.2) is 9.97 Å². The Labute approximate surface area is 105 Å². The van der Waals surface area contributed by atoms with Gasteiger partial charge in [0, 0.05) is 24.2 Å². The zero-order valence-electron chi connectivity index (χ0n) is 10.3. The second-order valence-electron chi connectivity index (χ2n) is 4.18. The van der Waals surface area contributed by atoms with E-state index in [2.05, 4.69) is 20.3 Å². The van der Waals surface area contributed by atoms with Gasteiger partial charge in [-0.1, -0.05) is 13.8 Å². The third-order valence-corrected chi connectivity index (χ3v) is 2.45. The second kappa shape index (κ2) is 5.35. The molecule has 2 heterocycles. The molecule has 0 aliphatic rings. The fourth-order valence-electron chi connectivity index (χ4n) is 1.44. The van der Waals surface area contributed by atoms with Crippen LogP contribution in [0.25, 0.3) is 0 Å². The fourth-order valence-corrected chi connectivity index (χ4v) is 1.44. The molecule has 1 N–H and O–H groups in total. The van der Waals surface area contributed by atoms with E-state index in [0.29, 0.717) is 17.3 Å². The van der Waals surface area contributed by atoms with Crippen molar-refractivity contribution >= 4 is 11.7 Å². The normalized spacial score (nSPS) is 10.4. The quantitative estimate of drug-likeness (QED) is 0.896. The van der Waals surface area contributed by atoms with Gasteiger partial charge >= 0.3 is 0 Å². The molecular formula is C13H14N4O. The molecule has 2 aromatic rings. The number of carbonyl (C=O) groups is 1. The lowest BCUT2D eigenvalue weighted by Gasteiger charge is -2.07. The van der Waals surface area contributed by atoms with Gasteiger partial charge < -0.3 is 5.32 Å². The average Bonchev–Trinajstić information content (AvgIpc) is 2.40. The van der Waals surface area contributed by atoms with Gasteiger partial charge in [0.05, 0.1) is 5.56 Å². The van der Waals surface area contributed by atoms with E-state index in [0.717, 1.165) is 5.69 Å². The Morgan fingerprint density at radius 3 is 2.83 bits per heavy atom. The fraction of sp³-hybridized carbons (Fsp3) is 0.231. The van der Waals surface area contributed by atoms with Crippen LogP contribution in [0, 0.1) is 0 Å². The third kappa shape index (κ3) is 2.88. The number of hydrogen-bond acceptors (Lipinski definition) is 4. The van der Waals surface area contributed by atoms with Crippen molar-refractivity contribution in [3.8, 4) is 0 Å². The van der Waals surface area contributed by atoms with Crippen LogP contribution < -0.4 is 5.32 Å². The molecule has 0 unspecified atom stereocenters. The number of anilines is 1. The first-order valence-corrected chi connectivity index (χ1v) is 5.70. The van der Waals surface area contributed by atoms with Gasteiger partial charge in [-0.05, 0) is 18.1 Å². The molecule has 1 amide bonds. The van der Waals surface area contributed by atoms with E-state index < -0.39 is 0 Å². The zero-order valence-corrected chi connectivity index (χ0v) is 10.3. The molecule has 0 atom stereocenters. The summed E-state index contributed by atoms with van der Waals surface area (Å²) in [5, 5.41) is 2.72. The van der Waals surface area contributed by atoms with Crippen molar-refractivity contribution in [2.45, 2.75) is 19.8 Å². The largest absolute Gasteiger partial charge is 0.306 e. The lowest BCUT2D eigenvalue weighted by atomic mass is 10.1. The maximum atomic E-state index is 11.9. The summed E-state index contributed by atoms with van der Waals surface area (Å²) in [5.74, 6) is 0.570. The van der Waals surface area contributed by atoms with Crippen LogP contribution in [0.1, 0.15) is 35.8 Å². The smallest absolute Gasteiger partial charge is 0.258 e. The molecule has 2 aromatic heterocycles. The molecule has 0 aliphatic carbocycles. The van der Waals surface area contributed by atoms with E-state index in [-0.39, 0.29) is 5.91 Å². The number of rotatable bonds is 3. The summed E-state index contributed by atoms with van der Waals surface area (Å²) in [6.45, 7) is 4.07. The molecule has 0 aliphatic heterocycles. The highest BCUT2D eigenvalue weighted by atomic mass is 16.1. The van der Waals surface area contributed by atoms with Crippen molar-refractivity contribution in [2.75, 3.05) is 5.32 Å². The van der Waals surface area contributed by atoms with Crippen LogP contribution in [0.4, 0.5) is 5.82 Å². The van der Waals surface area contributed by atoms with Gasteiger partial charge in [0.25, 0.3) is 5.91 Å². The van der Waals surface area contributed by atoms with Crippen LogP contribution in [0.3, 0.4) is 0 Å². The Morgan fingerprint density at radius 1 is 1.33 bits per heavy atom. The number of carbonyl (C=O) groups excluding carboxylic acids is 1. The van der Waals surface area contributed by atoms with E-state index in [9.17, 15) is 4.79 Å². The average molecular weight is 242 g/mol. The van der Waals surface area contributed by atoms with Gasteiger partial charge in [-0.15, -0.1) is 0 Å². The highest BCUT2D eigenvalue weighted by Crippen LogP contribution is 2.14. The summed E-state index contributed by atoms with van der Waals surface area (Å²) >= 11 is 0. The summed E-state index contributed by atoms with van der Waals surface area (Å²) < 4.78 is 0. The molecule has 0 saturated carbocycles. The molecule has 5 heteroatoms. The van der Waals surface area contributed by atoms with Crippen molar-refractivity contribution in [2.24, 2.45) is 0 Å². The van der Waals surface area contributed by atoms with Crippen LogP contribution in [0.2, 0.25) is 0 Å². The van der Waals surface area contributed by atoms with Gasteiger partial charge in [0.1, 0.15) is 12.1 Å². The second-order valence-corrected chi connectivity index (χ2v) is 4.18. The maximum Gasteiger partial charge on any atom is 0.258 e. The first-order valence-electron chi connectivity index (χ1n) is 5.70. The van der Waals surface area contributed by atoms with Gasteiger partial charge in [-0.2, -0.15) is 0 Å². The topological polar surface area (TPSA) is 67.8 Å². The van der Waals surface area contributed by atoms with Crippen molar-refractivity contribution in [1.82, 2.24) is 15.0 Å². The van der Waals surface area contributed by atoms with Crippen LogP contribution in [0.5, 0.6) is 0 Å². The predicted octanol–water partition coefficient (Wildman–Crippen LogP) is 2.25. The van der Waals surface area contributed by atoms with Crippen molar-refractivity contribution < 1.29 is 4.79 Å². The van der Waals surface area contributed by atoms with Crippen LogP contribution in [-0.4, -0.2) is 20.9 Å². The lowest BCUT2D eigenvalue weighted by Crippen LogP contribution is -2.13. The zero-order chi connectivity index (χ0) is 13.0. The third-order valence-electron chi connectivity index (χ3n) is 2.45. The minimum Gasteiger partial charge on any atom is -0.306 e. The van der Waals surface area contributed by atoms with Gasteiger partial charge in [-0.3, -0.25) is 9.78 Å². The SMILES string of the molecule is CC(C)c1cc(NC(=O)c2cccnc2)ncn1. The summed E-state index contributed by atoms with van der Waals surface area (Å²) in [6, 6.07) is 5.19. The molecule has 18 heavy (non-hydrogen) atoms. The first kappa shape index (κ1) is 12.2. The number of pyridine rings is 1. The number of amides is 1. The predicted molar refractivity (Wildman–Crippen MR) is 68.3 cm³/mol. The Balaban J connectivity index is 2.15. The summed E-state index contributed by atoms with van der Waals surface area (Å²) in [4.78, 5) is 24.0. The molecule has 0 radical (unpaired) electrons. The van der Waals surface area contributed by atoms with E-state index in [1.165, 1.54) is 12.5 Å². The van der Waals surface area contributed by atoms with Crippen LogP contribution >= 0.6 is 0 Å². The van der Waals surface area contributed by atoms with Gasteiger partial charge in [0.2, 0.25) is 0 Å². The van der Waals surface area contributed by atoms with Crippen molar-refractivity contribution in [3.05, 3.63) is 48.2 Å². The number of aromatic nitrogens is 3. The highest BCUT2D eigenvalue weighted by Gasteiger charge is 2.08. The Bertz CT molecular complexity index is 540. The first-order chi connectivity index (χ1) is 8.66. The molecule has 0 fully saturated rings. The summed E-state index contributed by atoms with van der Waals surface area (Å²) in [7, 11) is 0. The molecule has 0 saturated heterocycles. The molecule has 0 aromatic carbocycles. The van der Waals surface area contributed by atoms with E-state index >= 15 is 0 Å². The Hall–Kier alpha value is -2.30. The minimum absolute atomic E-state index is 0.225. The summed E-state index contributed by atoms with van der Waals surface area (Å²) in [6.07, 6.45) is 4.59. The minimum atomic E-state index is -0.225. The number of nitrogens with one attached hydrogen (secondary N) is 1. The van der Waals surface area contributed by atoms with Crippen molar-refractivity contribution in [3.63, 3.8) is 0 Å². The highest BCUT2D eigenvalue weighted by molar-refractivity contribution is 6.03. The van der Waals surface area contributed by atoms with Gasteiger partial charge in [0.15, 0.2) is 0 Å². The molecule has 0 spiro atoms. The van der Waals surface area contributed by atoms with Crippen LogP contribution in [0.15, 0.2) is 36.9 Å². The Kier molecular flexibility index (Phi) is 3.62. The van der Waals surface area contributed by atoms with Crippen LogP contribution in [-0.2, 0) is 0 Å². The number of hydrogen-bond donors (Lipinski definition) is 1. The maximum absolute atomic E-state index is 11.9. The molecule has 2 rings (SSSR count). The molecule has 92 valence electrons.